The Balaban J connectivity index is 1.39. The number of piperazine rings is 1. The molecule has 8 nitrogen and oxygen atoms in total. The third kappa shape index (κ3) is 4.46. The molecule has 2 fully saturated rings. The van der Waals surface area contributed by atoms with Gasteiger partial charge >= 0.3 is 0 Å². The number of halogens is 1. The number of pyridine rings is 1. The molecule has 172 valence electrons. The number of benzene rings is 1. The van der Waals surface area contributed by atoms with Gasteiger partial charge in [-0.2, -0.15) is 0 Å². The highest BCUT2D eigenvalue weighted by atomic mass is 19.1. The number of nitrogens with zero attached hydrogens (tertiary/aromatic N) is 5. The van der Waals surface area contributed by atoms with E-state index in [1.54, 1.807) is 7.05 Å². The molecule has 2 aromatic heterocycles. The molecule has 1 aromatic carbocycles. The van der Waals surface area contributed by atoms with Crippen LogP contribution in [-0.4, -0.2) is 60.5 Å². The van der Waals surface area contributed by atoms with Gasteiger partial charge < -0.3 is 19.9 Å². The van der Waals surface area contributed by atoms with Crippen LogP contribution in [0.4, 0.5) is 16.0 Å². The van der Waals surface area contributed by atoms with E-state index in [1.165, 1.54) is 34.1 Å². The van der Waals surface area contributed by atoms with E-state index in [9.17, 15) is 9.18 Å². The monoisotopic (exact) mass is 450 g/mol. The molecule has 0 radical (unpaired) electrons. The summed E-state index contributed by atoms with van der Waals surface area (Å²) in [4.78, 5) is 25.5. The summed E-state index contributed by atoms with van der Waals surface area (Å²) >= 11 is 0. The van der Waals surface area contributed by atoms with E-state index < -0.39 is 5.82 Å². The smallest absolute Gasteiger partial charge is 0.255 e. The van der Waals surface area contributed by atoms with Crippen LogP contribution in [0.25, 0.3) is 11.3 Å². The number of anilines is 2. The van der Waals surface area contributed by atoms with Crippen molar-refractivity contribution in [3.8, 4) is 11.3 Å². The molecule has 0 aliphatic carbocycles. The molecule has 4 heterocycles. The molecule has 9 heteroatoms. The van der Waals surface area contributed by atoms with E-state index >= 15 is 0 Å². The van der Waals surface area contributed by atoms with Crippen molar-refractivity contribution in [2.45, 2.75) is 6.04 Å². The summed E-state index contributed by atoms with van der Waals surface area (Å²) in [6.45, 7) is 5.43. The fraction of sp³-hybridized carbons (Fsp3) is 0.375. The Labute approximate surface area is 191 Å². The highest BCUT2D eigenvalue weighted by Gasteiger charge is 2.25. The predicted octanol–water partition coefficient (Wildman–Crippen LogP) is 1.97. The van der Waals surface area contributed by atoms with E-state index in [0.29, 0.717) is 24.7 Å². The van der Waals surface area contributed by atoms with Crippen LogP contribution in [0.1, 0.15) is 11.6 Å². The second kappa shape index (κ2) is 9.29. The molecule has 33 heavy (non-hydrogen) atoms. The van der Waals surface area contributed by atoms with Crippen molar-refractivity contribution in [2.75, 3.05) is 55.7 Å². The Hall–Kier alpha value is -3.30. The summed E-state index contributed by atoms with van der Waals surface area (Å²) < 4.78 is 21.3. The first-order chi connectivity index (χ1) is 16.1. The average molecular weight is 451 g/mol. The minimum Gasteiger partial charge on any atom is -0.378 e. The first-order valence-corrected chi connectivity index (χ1v) is 11.2. The molecule has 2 aliphatic heterocycles. The van der Waals surface area contributed by atoms with Gasteiger partial charge in [-0.1, -0.05) is 12.1 Å². The molecule has 0 amide bonds. The normalized spacial score (nSPS) is 19.0. The first kappa shape index (κ1) is 21.5. The maximum Gasteiger partial charge on any atom is 0.255 e. The summed E-state index contributed by atoms with van der Waals surface area (Å²) in [5, 5.41) is 3.56. The van der Waals surface area contributed by atoms with E-state index in [4.69, 9.17) is 4.74 Å². The number of hydrogen-bond donors (Lipinski definition) is 1. The summed E-state index contributed by atoms with van der Waals surface area (Å²) in [7, 11) is 1.70. The van der Waals surface area contributed by atoms with Crippen LogP contribution in [0, 0.1) is 5.82 Å². The first-order valence-electron chi connectivity index (χ1n) is 11.2. The standard InChI is InChI=1S/C24H27FN6O2/c1-29-23(32)14-21(19-6-7-26-15-20(19)25)28-24(29)31-9-8-27-22(16-31)17-2-4-18(5-3-17)30-10-12-33-13-11-30/h2-7,14-15,22,27H,8-13,16H2,1H3. The molecule has 3 aromatic rings. The summed E-state index contributed by atoms with van der Waals surface area (Å²) in [5.74, 6) is 0.0351. The molecule has 1 N–H and O–H groups in total. The molecular formula is C24H27FN6O2. The number of rotatable bonds is 4. The fourth-order valence-corrected chi connectivity index (χ4v) is 4.42. The number of morpholine rings is 1. The van der Waals surface area contributed by atoms with Crippen molar-refractivity contribution >= 4 is 11.6 Å². The highest BCUT2D eigenvalue weighted by Crippen LogP contribution is 2.26. The van der Waals surface area contributed by atoms with Crippen molar-refractivity contribution < 1.29 is 9.13 Å². The molecule has 2 aliphatic rings. The molecule has 5 rings (SSSR count). The van der Waals surface area contributed by atoms with Crippen molar-refractivity contribution in [1.29, 1.82) is 0 Å². The number of nitrogens with one attached hydrogen (secondary N) is 1. The zero-order valence-corrected chi connectivity index (χ0v) is 18.6. The SMILES string of the molecule is Cn1c(N2CCNC(c3ccc(N4CCOCC4)cc3)C2)nc(-c2ccncc2F)cc1=O. The quantitative estimate of drug-likeness (QED) is 0.651. The Kier molecular flexibility index (Phi) is 6.06. The lowest BCUT2D eigenvalue weighted by atomic mass is 10.0. The lowest BCUT2D eigenvalue weighted by molar-refractivity contribution is 0.122. The van der Waals surface area contributed by atoms with Crippen molar-refractivity contribution in [1.82, 2.24) is 19.9 Å². The van der Waals surface area contributed by atoms with Crippen LogP contribution in [0.5, 0.6) is 0 Å². The second-order valence-corrected chi connectivity index (χ2v) is 8.34. The molecular weight excluding hydrogens is 423 g/mol. The molecule has 0 saturated carbocycles. The maximum atomic E-state index is 14.3. The Morgan fingerprint density at radius 1 is 1.09 bits per heavy atom. The minimum absolute atomic E-state index is 0.0932. The predicted molar refractivity (Wildman–Crippen MR) is 125 cm³/mol. The summed E-state index contributed by atoms with van der Waals surface area (Å²) in [6.07, 6.45) is 2.63. The zero-order chi connectivity index (χ0) is 22.8. The van der Waals surface area contributed by atoms with Crippen LogP contribution in [0.15, 0.2) is 53.6 Å². The fourth-order valence-electron chi connectivity index (χ4n) is 4.42. The molecule has 2 saturated heterocycles. The van der Waals surface area contributed by atoms with E-state index in [2.05, 4.69) is 49.4 Å². The van der Waals surface area contributed by atoms with Crippen LogP contribution in [0.2, 0.25) is 0 Å². The van der Waals surface area contributed by atoms with Crippen LogP contribution in [0.3, 0.4) is 0 Å². The van der Waals surface area contributed by atoms with Gasteiger partial charge in [0.1, 0.15) is 0 Å². The van der Waals surface area contributed by atoms with Gasteiger partial charge in [0.2, 0.25) is 5.95 Å². The van der Waals surface area contributed by atoms with Gasteiger partial charge in [-0.25, -0.2) is 9.37 Å². The number of ether oxygens (including phenoxy) is 1. The summed E-state index contributed by atoms with van der Waals surface area (Å²) in [6, 6.07) is 11.6. The Bertz CT molecular complexity index is 1180. The largest absolute Gasteiger partial charge is 0.378 e. The van der Waals surface area contributed by atoms with E-state index in [1.807, 2.05) is 0 Å². The second-order valence-electron chi connectivity index (χ2n) is 8.34. The molecule has 1 unspecified atom stereocenters. The third-order valence-corrected chi connectivity index (χ3v) is 6.29. The number of aromatic nitrogens is 3. The molecule has 1 atom stereocenters. The lowest BCUT2D eigenvalue weighted by Gasteiger charge is -2.35. The van der Waals surface area contributed by atoms with Gasteiger partial charge in [-0.15, -0.1) is 0 Å². The van der Waals surface area contributed by atoms with Gasteiger partial charge in [0, 0.05) is 69.3 Å². The van der Waals surface area contributed by atoms with Crippen molar-refractivity contribution in [2.24, 2.45) is 7.05 Å². The van der Waals surface area contributed by atoms with Gasteiger partial charge in [0.25, 0.3) is 5.56 Å². The van der Waals surface area contributed by atoms with Gasteiger partial charge in [0.15, 0.2) is 5.82 Å². The van der Waals surface area contributed by atoms with Gasteiger partial charge in [-0.3, -0.25) is 14.3 Å². The maximum absolute atomic E-state index is 14.3. The van der Waals surface area contributed by atoms with Crippen molar-refractivity contribution in [3.05, 3.63) is 70.5 Å². The van der Waals surface area contributed by atoms with Crippen molar-refractivity contribution in [3.63, 3.8) is 0 Å². The van der Waals surface area contributed by atoms with Crippen LogP contribution < -0.4 is 20.7 Å². The van der Waals surface area contributed by atoms with Crippen LogP contribution in [-0.2, 0) is 11.8 Å². The van der Waals surface area contributed by atoms with E-state index in [0.717, 1.165) is 39.0 Å². The number of hydrogen-bond acceptors (Lipinski definition) is 7. The highest BCUT2D eigenvalue weighted by molar-refractivity contribution is 5.60. The lowest BCUT2D eigenvalue weighted by Crippen LogP contribution is -2.47. The van der Waals surface area contributed by atoms with E-state index in [-0.39, 0.29) is 17.2 Å². The molecule has 0 bridgehead atoms. The average Bonchev–Trinajstić information content (AvgIpc) is 2.87. The molecule has 0 spiro atoms. The summed E-state index contributed by atoms with van der Waals surface area (Å²) in [5.41, 5.74) is 2.74. The Morgan fingerprint density at radius 3 is 2.64 bits per heavy atom. The minimum atomic E-state index is -0.497. The Morgan fingerprint density at radius 2 is 1.88 bits per heavy atom. The third-order valence-electron chi connectivity index (χ3n) is 6.29. The van der Waals surface area contributed by atoms with Gasteiger partial charge in [0.05, 0.1) is 25.1 Å². The van der Waals surface area contributed by atoms with Gasteiger partial charge in [-0.05, 0) is 23.8 Å². The zero-order valence-electron chi connectivity index (χ0n) is 18.6. The topological polar surface area (TPSA) is 75.5 Å². The van der Waals surface area contributed by atoms with Crippen LogP contribution >= 0.6 is 0 Å².